The van der Waals surface area contributed by atoms with Crippen molar-refractivity contribution in [3.63, 3.8) is 0 Å². The Hall–Kier alpha value is -0.780. The standard InChI is InChI=1S/C14H24N4O.2ClH/c1-12(13-3-2-4-15-10-13)9-14(19)17-6-8-18-7-5-16-11-18;;/h5,7,11-13,15H,2-4,6,8-10H2,1H3,(H,17,19);2*1H. The molecule has 1 fully saturated rings. The van der Waals surface area contributed by atoms with Crippen LogP contribution < -0.4 is 10.6 Å². The number of hydrogen-bond acceptors (Lipinski definition) is 3. The van der Waals surface area contributed by atoms with E-state index in [1.54, 1.807) is 12.5 Å². The zero-order valence-corrected chi connectivity index (χ0v) is 14.1. The molecular formula is C14H26Cl2N4O. The predicted octanol–water partition coefficient (Wildman–Crippen LogP) is 1.87. The minimum atomic E-state index is 0. The van der Waals surface area contributed by atoms with Gasteiger partial charge in [0.15, 0.2) is 0 Å². The highest BCUT2D eigenvalue weighted by molar-refractivity contribution is 5.85. The van der Waals surface area contributed by atoms with Gasteiger partial charge >= 0.3 is 0 Å². The van der Waals surface area contributed by atoms with Crippen LogP contribution in [0.4, 0.5) is 0 Å². The lowest BCUT2D eigenvalue weighted by Crippen LogP contribution is -2.36. The summed E-state index contributed by atoms with van der Waals surface area (Å²) in [6.07, 6.45) is 8.54. The van der Waals surface area contributed by atoms with E-state index in [-0.39, 0.29) is 30.7 Å². The Labute approximate surface area is 139 Å². The number of nitrogens with zero attached hydrogens (tertiary/aromatic N) is 2. The van der Waals surface area contributed by atoms with Gasteiger partial charge in [-0.05, 0) is 37.8 Å². The van der Waals surface area contributed by atoms with E-state index in [9.17, 15) is 4.79 Å². The minimum absolute atomic E-state index is 0. The largest absolute Gasteiger partial charge is 0.354 e. The maximum atomic E-state index is 11.9. The number of aromatic nitrogens is 2. The first kappa shape index (κ1) is 20.2. The van der Waals surface area contributed by atoms with Crippen LogP contribution >= 0.6 is 24.8 Å². The Morgan fingerprint density at radius 2 is 2.33 bits per heavy atom. The number of hydrogen-bond donors (Lipinski definition) is 2. The first-order valence-corrected chi connectivity index (χ1v) is 7.19. The van der Waals surface area contributed by atoms with Gasteiger partial charge in [-0.25, -0.2) is 4.98 Å². The number of carbonyl (C=O) groups excluding carboxylic acids is 1. The summed E-state index contributed by atoms with van der Waals surface area (Å²) < 4.78 is 1.97. The molecule has 1 aliphatic rings. The average Bonchev–Trinajstić information content (AvgIpc) is 2.93. The van der Waals surface area contributed by atoms with E-state index in [0.29, 0.717) is 24.8 Å². The number of nitrogens with one attached hydrogen (secondary N) is 2. The third kappa shape index (κ3) is 7.16. The molecule has 5 nitrogen and oxygen atoms in total. The lowest BCUT2D eigenvalue weighted by molar-refractivity contribution is -0.122. The van der Waals surface area contributed by atoms with Crippen molar-refractivity contribution < 1.29 is 4.79 Å². The quantitative estimate of drug-likeness (QED) is 0.833. The summed E-state index contributed by atoms with van der Waals surface area (Å²) >= 11 is 0. The summed E-state index contributed by atoms with van der Waals surface area (Å²) in [5.41, 5.74) is 0. The minimum Gasteiger partial charge on any atom is -0.354 e. The first-order chi connectivity index (χ1) is 9.25. The molecule has 0 saturated carbocycles. The van der Waals surface area contributed by atoms with E-state index in [1.165, 1.54) is 12.8 Å². The van der Waals surface area contributed by atoms with E-state index in [0.717, 1.165) is 19.6 Å². The molecule has 1 aliphatic heterocycles. The Kier molecular flexibility index (Phi) is 10.5. The fourth-order valence-corrected chi connectivity index (χ4v) is 2.64. The Morgan fingerprint density at radius 3 is 2.95 bits per heavy atom. The van der Waals surface area contributed by atoms with Crippen LogP contribution in [-0.2, 0) is 11.3 Å². The van der Waals surface area contributed by atoms with E-state index in [2.05, 4.69) is 22.5 Å². The van der Waals surface area contributed by atoms with Gasteiger partial charge in [-0.1, -0.05) is 6.92 Å². The second kappa shape index (κ2) is 10.9. The molecule has 122 valence electrons. The van der Waals surface area contributed by atoms with E-state index in [4.69, 9.17) is 0 Å². The van der Waals surface area contributed by atoms with Crippen molar-refractivity contribution in [1.29, 1.82) is 0 Å². The summed E-state index contributed by atoms with van der Waals surface area (Å²) in [6.45, 7) is 5.83. The fourth-order valence-electron chi connectivity index (χ4n) is 2.64. The van der Waals surface area contributed by atoms with Gasteiger partial charge < -0.3 is 15.2 Å². The van der Waals surface area contributed by atoms with Gasteiger partial charge in [0.1, 0.15) is 0 Å². The lowest BCUT2D eigenvalue weighted by atomic mass is 9.85. The lowest BCUT2D eigenvalue weighted by Gasteiger charge is -2.28. The number of rotatable bonds is 6. The monoisotopic (exact) mass is 336 g/mol. The topological polar surface area (TPSA) is 59.0 Å². The molecule has 2 unspecified atom stereocenters. The third-order valence-electron chi connectivity index (χ3n) is 3.90. The van der Waals surface area contributed by atoms with Crippen molar-refractivity contribution >= 4 is 30.7 Å². The van der Waals surface area contributed by atoms with Gasteiger partial charge in [0, 0.05) is 31.9 Å². The summed E-state index contributed by atoms with van der Waals surface area (Å²) in [4.78, 5) is 15.8. The molecule has 1 aromatic heterocycles. The normalized spacial score (nSPS) is 19.0. The van der Waals surface area contributed by atoms with Gasteiger partial charge in [0.2, 0.25) is 5.91 Å². The van der Waals surface area contributed by atoms with E-state index < -0.39 is 0 Å². The zero-order chi connectivity index (χ0) is 13.5. The highest BCUT2D eigenvalue weighted by Crippen LogP contribution is 2.22. The van der Waals surface area contributed by atoms with Gasteiger partial charge in [0.25, 0.3) is 0 Å². The van der Waals surface area contributed by atoms with Crippen LogP contribution in [0.25, 0.3) is 0 Å². The Balaban J connectivity index is 0.00000200. The molecule has 2 N–H and O–H groups in total. The molecule has 21 heavy (non-hydrogen) atoms. The van der Waals surface area contributed by atoms with Crippen LogP contribution in [0.5, 0.6) is 0 Å². The SMILES string of the molecule is CC(CC(=O)NCCn1ccnc1)C1CCCNC1.Cl.Cl. The number of carbonyl (C=O) groups is 1. The molecule has 1 saturated heterocycles. The van der Waals surface area contributed by atoms with Crippen molar-refractivity contribution in [3.05, 3.63) is 18.7 Å². The molecule has 1 amide bonds. The fraction of sp³-hybridized carbons (Fsp3) is 0.714. The Morgan fingerprint density at radius 1 is 1.52 bits per heavy atom. The Bertz CT molecular complexity index is 380. The van der Waals surface area contributed by atoms with Gasteiger partial charge in [-0.15, -0.1) is 24.8 Å². The molecule has 7 heteroatoms. The van der Waals surface area contributed by atoms with Gasteiger partial charge in [-0.3, -0.25) is 4.79 Å². The second-order valence-corrected chi connectivity index (χ2v) is 5.44. The van der Waals surface area contributed by atoms with Crippen molar-refractivity contribution in [2.24, 2.45) is 11.8 Å². The number of piperidine rings is 1. The highest BCUT2D eigenvalue weighted by atomic mass is 35.5. The number of halogens is 2. The number of imidazole rings is 1. The van der Waals surface area contributed by atoms with Crippen molar-refractivity contribution in [1.82, 2.24) is 20.2 Å². The smallest absolute Gasteiger partial charge is 0.220 e. The molecule has 0 bridgehead atoms. The predicted molar refractivity (Wildman–Crippen MR) is 89.1 cm³/mol. The molecule has 1 aromatic rings. The summed E-state index contributed by atoms with van der Waals surface area (Å²) in [7, 11) is 0. The second-order valence-electron chi connectivity index (χ2n) is 5.44. The van der Waals surface area contributed by atoms with E-state index in [1.807, 2.05) is 10.8 Å². The third-order valence-corrected chi connectivity index (χ3v) is 3.90. The van der Waals surface area contributed by atoms with E-state index >= 15 is 0 Å². The van der Waals surface area contributed by atoms with Crippen molar-refractivity contribution in [2.45, 2.75) is 32.7 Å². The van der Waals surface area contributed by atoms with Crippen LogP contribution in [0.15, 0.2) is 18.7 Å². The molecule has 0 radical (unpaired) electrons. The molecule has 2 heterocycles. The first-order valence-electron chi connectivity index (χ1n) is 7.19. The van der Waals surface area contributed by atoms with Gasteiger partial charge in [-0.2, -0.15) is 0 Å². The summed E-state index contributed by atoms with van der Waals surface area (Å²) in [6, 6.07) is 0. The zero-order valence-electron chi connectivity index (χ0n) is 12.5. The maximum Gasteiger partial charge on any atom is 0.220 e. The highest BCUT2D eigenvalue weighted by Gasteiger charge is 2.21. The summed E-state index contributed by atoms with van der Waals surface area (Å²) in [5, 5.41) is 6.39. The molecule has 0 aromatic carbocycles. The van der Waals surface area contributed by atoms with Gasteiger partial charge in [0.05, 0.1) is 6.33 Å². The number of amides is 1. The van der Waals surface area contributed by atoms with Crippen molar-refractivity contribution in [3.8, 4) is 0 Å². The van der Waals surface area contributed by atoms with Crippen molar-refractivity contribution in [2.75, 3.05) is 19.6 Å². The van der Waals surface area contributed by atoms with Crippen LogP contribution in [-0.4, -0.2) is 35.1 Å². The summed E-state index contributed by atoms with van der Waals surface area (Å²) in [5.74, 6) is 1.27. The van der Waals surface area contributed by atoms with Crippen LogP contribution in [0.2, 0.25) is 0 Å². The molecule has 2 atom stereocenters. The molecule has 0 aliphatic carbocycles. The van der Waals surface area contributed by atoms with Crippen LogP contribution in [0.1, 0.15) is 26.2 Å². The molecule has 0 spiro atoms. The molecule has 2 rings (SSSR count). The average molecular weight is 337 g/mol. The maximum absolute atomic E-state index is 11.9. The molecular weight excluding hydrogens is 311 g/mol. The van der Waals surface area contributed by atoms with Crippen LogP contribution in [0.3, 0.4) is 0 Å². The van der Waals surface area contributed by atoms with Crippen LogP contribution in [0, 0.1) is 11.8 Å².